The Balaban J connectivity index is 2.90. The van der Waals surface area contributed by atoms with Crippen molar-refractivity contribution in [2.75, 3.05) is 5.75 Å². The van der Waals surface area contributed by atoms with Gasteiger partial charge in [-0.05, 0) is 17.7 Å². The predicted octanol–water partition coefficient (Wildman–Crippen LogP) is 1.84. The van der Waals surface area contributed by atoms with E-state index in [9.17, 15) is 13.2 Å². The summed E-state index contributed by atoms with van der Waals surface area (Å²) in [4.78, 5) is 10.6. The average molecular weight is 275 g/mol. The summed E-state index contributed by atoms with van der Waals surface area (Å²) in [6.07, 6.45) is 1.21. The third-order valence-corrected chi connectivity index (χ3v) is 3.84. The van der Waals surface area contributed by atoms with Gasteiger partial charge in [-0.1, -0.05) is 29.8 Å². The Bertz CT molecular complexity index is 517. The predicted molar refractivity (Wildman–Crippen MR) is 64.8 cm³/mol. The highest BCUT2D eigenvalue weighted by Gasteiger charge is 2.12. The van der Waals surface area contributed by atoms with E-state index in [1.165, 1.54) is 30.3 Å². The lowest BCUT2D eigenvalue weighted by Crippen LogP contribution is -2.05. The number of hydrogen-bond acceptors (Lipinski definition) is 3. The van der Waals surface area contributed by atoms with E-state index >= 15 is 0 Å². The van der Waals surface area contributed by atoms with Crippen molar-refractivity contribution in [3.8, 4) is 0 Å². The number of carboxylic acids is 1. The lowest BCUT2D eigenvalue weighted by Gasteiger charge is -2.02. The molecule has 0 aliphatic carbocycles. The fraction of sp³-hybridized carbons (Fsp3) is 0.182. The molecule has 0 aromatic heterocycles. The van der Waals surface area contributed by atoms with Crippen molar-refractivity contribution in [3.63, 3.8) is 0 Å². The van der Waals surface area contributed by atoms with Crippen molar-refractivity contribution in [1.82, 2.24) is 0 Å². The zero-order chi connectivity index (χ0) is 12.9. The second kappa shape index (κ2) is 5.84. The third kappa shape index (κ3) is 4.20. The van der Waals surface area contributed by atoms with Crippen LogP contribution in [0.4, 0.5) is 0 Å². The van der Waals surface area contributed by atoms with Gasteiger partial charge in [-0.25, -0.2) is 8.42 Å². The van der Waals surface area contributed by atoms with Crippen LogP contribution in [0.15, 0.2) is 40.8 Å². The van der Waals surface area contributed by atoms with E-state index < -0.39 is 15.8 Å². The minimum absolute atomic E-state index is 0.123. The fourth-order valence-corrected chi connectivity index (χ4v) is 2.54. The Morgan fingerprint density at radius 3 is 2.35 bits per heavy atom. The maximum absolute atomic E-state index is 11.7. The summed E-state index contributed by atoms with van der Waals surface area (Å²) in [5.74, 6) is -1.12. The number of rotatable bonds is 5. The highest BCUT2D eigenvalue weighted by molar-refractivity contribution is 7.91. The second-order valence-electron chi connectivity index (χ2n) is 3.36. The summed E-state index contributed by atoms with van der Waals surface area (Å²) >= 11 is 5.27. The molecule has 0 spiro atoms. The molecule has 1 N–H and O–H groups in total. The molecule has 0 aliphatic heterocycles. The van der Waals surface area contributed by atoms with E-state index in [2.05, 4.69) is 0 Å². The fourth-order valence-electron chi connectivity index (χ4n) is 1.25. The number of halogens is 1. The van der Waals surface area contributed by atoms with Crippen LogP contribution in [0.5, 0.6) is 0 Å². The molecule has 17 heavy (non-hydrogen) atoms. The summed E-state index contributed by atoms with van der Waals surface area (Å²) in [6.45, 7) is 0. The number of hydrogen-bond donors (Lipinski definition) is 1. The Morgan fingerprint density at radius 2 is 1.88 bits per heavy atom. The van der Waals surface area contributed by atoms with Crippen molar-refractivity contribution in [1.29, 1.82) is 0 Å². The SMILES string of the molecule is O=C(O)Cc1ccc(S(=O)(=O)C/C=C/Cl)cc1. The van der Waals surface area contributed by atoms with Crippen LogP contribution in [0.25, 0.3) is 0 Å². The molecule has 0 atom stereocenters. The largest absolute Gasteiger partial charge is 0.481 e. The number of carbonyl (C=O) groups is 1. The number of carboxylic acid groups (broad SMARTS) is 1. The van der Waals surface area contributed by atoms with Crippen LogP contribution in [-0.4, -0.2) is 25.2 Å². The molecule has 0 aliphatic rings. The number of aliphatic carboxylic acids is 1. The van der Waals surface area contributed by atoms with E-state index in [1.807, 2.05) is 0 Å². The first kappa shape index (κ1) is 13.7. The van der Waals surface area contributed by atoms with Crippen molar-refractivity contribution < 1.29 is 18.3 Å². The summed E-state index contributed by atoms with van der Waals surface area (Å²) in [7, 11) is -3.39. The Kier molecular flexibility index (Phi) is 4.72. The minimum atomic E-state index is -3.39. The van der Waals surface area contributed by atoms with Crippen molar-refractivity contribution >= 4 is 27.4 Å². The summed E-state index contributed by atoms with van der Waals surface area (Å²) < 4.78 is 23.4. The van der Waals surface area contributed by atoms with E-state index in [-0.39, 0.29) is 17.1 Å². The molecule has 0 saturated carbocycles. The van der Waals surface area contributed by atoms with Crippen LogP contribution < -0.4 is 0 Å². The minimum Gasteiger partial charge on any atom is -0.481 e. The Morgan fingerprint density at radius 1 is 1.29 bits per heavy atom. The van der Waals surface area contributed by atoms with Gasteiger partial charge in [0.05, 0.1) is 17.1 Å². The van der Waals surface area contributed by atoms with Crippen LogP contribution in [0.3, 0.4) is 0 Å². The number of benzene rings is 1. The average Bonchev–Trinajstić information content (AvgIpc) is 2.26. The van der Waals surface area contributed by atoms with Gasteiger partial charge >= 0.3 is 5.97 Å². The zero-order valence-electron chi connectivity index (χ0n) is 8.84. The molecule has 0 unspecified atom stereocenters. The van der Waals surface area contributed by atoms with Gasteiger partial charge in [-0.3, -0.25) is 4.79 Å². The quantitative estimate of drug-likeness (QED) is 0.889. The molecule has 1 aromatic rings. The van der Waals surface area contributed by atoms with Gasteiger partial charge in [0.1, 0.15) is 0 Å². The molecule has 0 saturated heterocycles. The van der Waals surface area contributed by atoms with E-state index in [4.69, 9.17) is 16.7 Å². The topological polar surface area (TPSA) is 71.4 Å². The second-order valence-corrected chi connectivity index (χ2v) is 5.64. The van der Waals surface area contributed by atoms with Crippen LogP contribution in [-0.2, 0) is 21.1 Å². The van der Waals surface area contributed by atoms with Gasteiger partial charge < -0.3 is 5.11 Å². The van der Waals surface area contributed by atoms with Gasteiger partial charge in [-0.15, -0.1) is 0 Å². The van der Waals surface area contributed by atoms with Gasteiger partial charge in [0.15, 0.2) is 9.84 Å². The van der Waals surface area contributed by atoms with Crippen molar-refractivity contribution in [2.45, 2.75) is 11.3 Å². The van der Waals surface area contributed by atoms with Gasteiger partial charge in [-0.2, -0.15) is 0 Å². The molecular weight excluding hydrogens is 264 g/mol. The molecule has 1 aromatic carbocycles. The summed E-state index contributed by atoms with van der Waals surface area (Å²) in [6, 6.07) is 5.78. The zero-order valence-corrected chi connectivity index (χ0v) is 10.4. The lowest BCUT2D eigenvalue weighted by atomic mass is 10.2. The molecule has 0 heterocycles. The van der Waals surface area contributed by atoms with Crippen molar-refractivity contribution in [3.05, 3.63) is 41.4 Å². The van der Waals surface area contributed by atoms with Gasteiger partial charge in [0.2, 0.25) is 0 Å². The van der Waals surface area contributed by atoms with Gasteiger partial charge in [0.25, 0.3) is 0 Å². The molecule has 4 nitrogen and oxygen atoms in total. The van der Waals surface area contributed by atoms with E-state index in [1.54, 1.807) is 0 Å². The smallest absolute Gasteiger partial charge is 0.307 e. The Hall–Kier alpha value is -1.33. The monoisotopic (exact) mass is 274 g/mol. The van der Waals surface area contributed by atoms with Crippen LogP contribution >= 0.6 is 11.6 Å². The first-order valence-corrected chi connectivity index (χ1v) is 6.83. The normalized spacial score (nSPS) is 11.8. The van der Waals surface area contributed by atoms with Crippen LogP contribution in [0, 0.1) is 0 Å². The van der Waals surface area contributed by atoms with Crippen LogP contribution in [0.1, 0.15) is 5.56 Å². The molecule has 0 amide bonds. The maximum Gasteiger partial charge on any atom is 0.307 e. The van der Waals surface area contributed by atoms with Gasteiger partial charge in [0, 0.05) is 5.54 Å². The summed E-state index contributed by atoms with van der Waals surface area (Å²) in [5, 5.41) is 8.57. The molecular formula is C11H11ClO4S. The molecule has 0 bridgehead atoms. The van der Waals surface area contributed by atoms with E-state index in [0.29, 0.717) is 5.56 Å². The Labute approximate surface area is 104 Å². The molecule has 92 valence electrons. The maximum atomic E-state index is 11.7. The molecule has 0 fully saturated rings. The lowest BCUT2D eigenvalue weighted by molar-refractivity contribution is -0.136. The van der Waals surface area contributed by atoms with E-state index in [0.717, 1.165) is 5.54 Å². The highest BCUT2D eigenvalue weighted by Crippen LogP contribution is 2.13. The number of sulfone groups is 1. The molecule has 1 rings (SSSR count). The van der Waals surface area contributed by atoms with Crippen LogP contribution in [0.2, 0.25) is 0 Å². The van der Waals surface area contributed by atoms with Crippen molar-refractivity contribution in [2.24, 2.45) is 0 Å². The molecule has 0 radical (unpaired) electrons. The highest BCUT2D eigenvalue weighted by atomic mass is 35.5. The standard InChI is InChI=1S/C11H11ClO4S/c12-6-1-7-17(15,16)10-4-2-9(3-5-10)8-11(13)14/h1-6H,7-8H2,(H,13,14)/b6-1+. The summed E-state index contributed by atoms with van der Waals surface area (Å²) in [5.41, 5.74) is 1.71. The first-order valence-electron chi connectivity index (χ1n) is 4.74. The molecule has 6 heteroatoms. The third-order valence-electron chi connectivity index (χ3n) is 2.04. The first-order chi connectivity index (χ1) is 7.95.